The van der Waals surface area contributed by atoms with Crippen molar-refractivity contribution in [3.63, 3.8) is 0 Å². The predicted molar refractivity (Wildman–Crippen MR) is 106 cm³/mol. The highest BCUT2D eigenvalue weighted by Crippen LogP contribution is 2.26. The van der Waals surface area contributed by atoms with Gasteiger partial charge in [-0.1, -0.05) is 54.6 Å². The third-order valence-corrected chi connectivity index (χ3v) is 4.79. The number of halogens is 1. The van der Waals surface area contributed by atoms with Gasteiger partial charge in [0.15, 0.2) is 0 Å². The van der Waals surface area contributed by atoms with Gasteiger partial charge in [0, 0.05) is 5.69 Å². The number of benzene rings is 3. The summed E-state index contributed by atoms with van der Waals surface area (Å²) in [5, 5.41) is 0. The van der Waals surface area contributed by atoms with Gasteiger partial charge in [0.1, 0.15) is 12.4 Å². The fraction of sp³-hybridized carbons (Fsp3) is 0.0870. The highest BCUT2D eigenvalue weighted by Gasteiger charge is 2.39. The van der Waals surface area contributed by atoms with Crippen LogP contribution in [0.3, 0.4) is 0 Å². The molecule has 0 aliphatic carbocycles. The number of fused-ring (bicyclic) bond motifs is 1. The quantitative estimate of drug-likeness (QED) is 0.627. The van der Waals surface area contributed by atoms with Crippen LogP contribution in [0.5, 0.6) is 0 Å². The van der Waals surface area contributed by atoms with E-state index < -0.39 is 30.1 Å². The molecule has 1 aliphatic rings. The van der Waals surface area contributed by atoms with E-state index >= 15 is 0 Å². The van der Waals surface area contributed by atoms with Crippen molar-refractivity contribution < 1.29 is 18.8 Å². The summed E-state index contributed by atoms with van der Waals surface area (Å²) in [6.07, 6.45) is 0. The van der Waals surface area contributed by atoms with Crippen LogP contribution in [0.4, 0.5) is 10.1 Å². The van der Waals surface area contributed by atoms with Gasteiger partial charge in [0.05, 0.1) is 17.7 Å². The molecule has 0 saturated heterocycles. The number of nitrogens with zero attached hydrogens (tertiary/aromatic N) is 2. The molecule has 0 fully saturated rings. The molecule has 0 aromatic heterocycles. The number of amides is 3. The molecular formula is C23H17FN2O3. The van der Waals surface area contributed by atoms with Crippen molar-refractivity contribution in [2.24, 2.45) is 0 Å². The highest BCUT2D eigenvalue weighted by atomic mass is 19.1. The van der Waals surface area contributed by atoms with Gasteiger partial charge in [-0.05, 0) is 29.8 Å². The second kappa shape index (κ2) is 7.67. The van der Waals surface area contributed by atoms with Crippen LogP contribution in [0, 0.1) is 5.82 Å². The van der Waals surface area contributed by atoms with Crippen LogP contribution in [0.25, 0.3) is 0 Å². The smallest absolute Gasteiger partial charge is 0.265 e. The first-order valence-corrected chi connectivity index (χ1v) is 9.10. The normalized spacial score (nSPS) is 12.8. The molecule has 3 amide bonds. The third-order valence-electron chi connectivity index (χ3n) is 4.79. The van der Waals surface area contributed by atoms with Crippen molar-refractivity contribution >= 4 is 23.4 Å². The molecule has 0 saturated carbocycles. The number of carbonyl (C=O) groups excluding carboxylic acids is 3. The van der Waals surface area contributed by atoms with Crippen molar-refractivity contribution in [2.75, 3.05) is 11.4 Å². The number of para-hydroxylation sites is 1. The maximum absolute atomic E-state index is 14.0. The zero-order valence-electron chi connectivity index (χ0n) is 15.4. The van der Waals surface area contributed by atoms with Crippen molar-refractivity contribution in [3.8, 4) is 0 Å². The lowest BCUT2D eigenvalue weighted by Crippen LogP contribution is -2.42. The minimum absolute atomic E-state index is 0.0166. The fourth-order valence-corrected chi connectivity index (χ4v) is 3.35. The molecule has 3 aromatic carbocycles. The number of hydrogen-bond acceptors (Lipinski definition) is 3. The van der Waals surface area contributed by atoms with E-state index in [-0.39, 0.29) is 17.7 Å². The highest BCUT2D eigenvalue weighted by molar-refractivity contribution is 6.22. The van der Waals surface area contributed by atoms with Gasteiger partial charge in [0.25, 0.3) is 11.8 Å². The predicted octanol–water partition coefficient (Wildman–Crippen LogP) is 3.66. The maximum Gasteiger partial charge on any atom is 0.265 e. The SMILES string of the molecule is O=C1c2cccc(F)c2C(=O)N1CC(=O)N(Cc1ccccc1)c1ccccc1. The Morgan fingerprint density at radius 3 is 2.14 bits per heavy atom. The minimum atomic E-state index is -0.788. The van der Waals surface area contributed by atoms with Crippen LogP contribution in [-0.4, -0.2) is 29.2 Å². The molecule has 0 unspecified atom stereocenters. The summed E-state index contributed by atoms with van der Waals surface area (Å²) in [7, 11) is 0. The standard InChI is InChI=1S/C23H17FN2O3/c24-19-13-7-12-18-21(19)23(29)26(22(18)28)15-20(27)25(17-10-5-2-6-11-17)14-16-8-3-1-4-9-16/h1-13H,14-15H2. The Balaban J connectivity index is 1.61. The molecule has 1 aliphatic heterocycles. The summed E-state index contributed by atoms with van der Waals surface area (Å²) >= 11 is 0. The van der Waals surface area contributed by atoms with Gasteiger partial charge >= 0.3 is 0 Å². The number of carbonyl (C=O) groups is 3. The second-order valence-corrected chi connectivity index (χ2v) is 6.66. The van der Waals surface area contributed by atoms with Crippen LogP contribution in [0.1, 0.15) is 26.3 Å². The number of hydrogen-bond donors (Lipinski definition) is 0. The van der Waals surface area contributed by atoms with Crippen molar-refractivity contribution in [3.05, 3.63) is 101 Å². The Bertz CT molecular complexity index is 1080. The van der Waals surface area contributed by atoms with Crippen LogP contribution in [0.2, 0.25) is 0 Å². The Morgan fingerprint density at radius 1 is 0.828 bits per heavy atom. The molecule has 3 aromatic rings. The summed E-state index contributed by atoms with van der Waals surface area (Å²) in [4.78, 5) is 40.6. The lowest BCUT2D eigenvalue weighted by molar-refractivity contribution is -0.119. The molecule has 29 heavy (non-hydrogen) atoms. The molecule has 4 rings (SSSR count). The zero-order chi connectivity index (χ0) is 20.4. The molecule has 144 valence electrons. The topological polar surface area (TPSA) is 57.7 Å². The monoisotopic (exact) mass is 388 g/mol. The van der Waals surface area contributed by atoms with Crippen molar-refractivity contribution in [1.82, 2.24) is 4.90 Å². The molecule has 0 spiro atoms. The summed E-state index contributed by atoms with van der Waals surface area (Å²) in [6, 6.07) is 22.3. The van der Waals surface area contributed by atoms with E-state index in [1.165, 1.54) is 17.0 Å². The molecule has 0 atom stereocenters. The summed E-state index contributed by atoms with van der Waals surface area (Å²) in [5.41, 5.74) is 1.25. The van der Waals surface area contributed by atoms with Crippen LogP contribution in [-0.2, 0) is 11.3 Å². The van der Waals surface area contributed by atoms with E-state index in [1.807, 2.05) is 36.4 Å². The van der Waals surface area contributed by atoms with Gasteiger partial charge in [-0.2, -0.15) is 0 Å². The summed E-state index contributed by atoms with van der Waals surface area (Å²) in [6.45, 7) is -0.186. The molecule has 5 nitrogen and oxygen atoms in total. The average molecular weight is 388 g/mol. The Morgan fingerprint density at radius 2 is 1.48 bits per heavy atom. The average Bonchev–Trinajstić information content (AvgIpc) is 2.99. The minimum Gasteiger partial charge on any atom is -0.306 e. The lowest BCUT2D eigenvalue weighted by atomic mass is 10.1. The Kier molecular flexibility index (Phi) is 4.91. The third kappa shape index (κ3) is 3.52. The molecule has 0 radical (unpaired) electrons. The van der Waals surface area contributed by atoms with E-state index in [0.29, 0.717) is 5.69 Å². The van der Waals surface area contributed by atoms with Crippen LogP contribution in [0.15, 0.2) is 78.9 Å². The molecular weight excluding hydrogens is 371 g/mol. The largest absolute Gasteiger partial charge is 0.306 e. The Labute approximate surface area is 167 Å². The van der Waals surface area contributed by atoms with E-state index in [0.717, 1.165) is 16.5 Å². The Hall–Kier alpha value is -3.80. The van der Waals surface area contributed by atoms with Gasteiger partial charge in [0.2, 0.25) is 5.91 Å². The van der Waals surface area contributed by atoms with Gasteiger partial charge < -0.3 is 4.90 Å². The molecule has 6 heteroatoms. The van der Waals surface area contributed by atoms with Crippen molar-refractivity contribution in [1.29, 1.82) is 0 Å². The van der Waals surface area contributed by atoms with E-state index in [9.17, 15) is 18.8 Å². The van der Waals surface area contributed by atoms with E-state index in [4.69, 9.17) is 0 Å². The van der Waals surface area contributed by atoms with Crippen LogP contribution < -0.4 is 4.90 Å². The zero-order valence-corrected chi connectivity index (χ0v) is 15.4. The maximum atomic E-state index is 14.0. The van der Waals surface area contributed by atoms with E-state index in [1.54, 1.807) is 24.3 Å². The van der Waals surface area contributed by atoms with Gasteiger partial charge in [-0.25, -0.2) is 4.39 Å². The van der Waals surface area contributed by atoms with Gasteiger partial charge in [-0.15, -0.1) is 0 Å². The van der Waals surface area contributed by atoms with Gasteiger partial charge in [-0.3, -0.25) is 19.3 Å². The molecule has 0 bridgehead atoms. The molecule has 1 heterocycles. The van der Waals surface area contributed by atoms with Crippen molar-refractivity contribution in [2.45, 2.75) is 6.54 Å². The first kappa shape index (κ1) is 18.6. The number of anilines is 1. The fourth-order valence-electron chi connectivity index (χ4n) is 3.35. The van der Waals surface area contributed by atoms with E-state index in [2.05, 4.69) is 0 Å². The first-order valence-electron chi connectivity index (χ1n) is 9.10. The lowest BCUT2D eigenvalue weighted by Gasteiger charge is -2.25. The number of imide groups is 1. The summed E-state index contributed by atoms with van der Waals surface area (Å²) in [5.74, 6) is -2.65. The summed E-state index contributed by atoms with van der Waals surface area (Å²) < 4.78 is 14.0. The first-order chi connectivity index (χ1) is 14.1. The molecule has 0 N–H and O–H groups in total. The second-order valence-electron chi connectivity index (χ2n) is 6.66. The van der Waals surface area contributed by atoms with Crippen LogP contribution >= 0.6 is 0 Å². The number of rotatable bonds is 5.